The van der Waals surface area contributed by atoms with Crippen molar-refractivity contribution in [3.8, 4) is 5.75 Å². The zero-order chi connectivity index (χ0) is 28.9. The Morgan fingerprint density at radius 2 is 1.41 bits per heavy atom. The molecule has 6 N–H and O–H groups in total. The molecule has 0 spiro atoms. The Kier molecular flexibility index (Phi) is 12.2. The number of carboxylic acids is 2. The van der Waals surface area contributed by atoms with E-state index >= 15 is 0 Å². The molecular formula is C26H30FN3O8S. The first kappa shape index (κ1) is 31.1. The van der Waals surface area contributed by atoms with Gasteiger partial charge in [0.25, 0.3) is 5.91 Å². The topological polar surface area (TPSA) is 182 Å². The van der Waals surface area contributed by atoms with E-state index in [1.807, 2.05) is 0 Å². The standard InChI is InChI=1S/C26H30FN3O8S/c1-39-13-12-19(24(35)29-20(26(37)38)10-11-22(32)33)28-25(36)21(14-15-2-8-18(31)9-3-15)30-23(34)16-4-6-17(27)7-5-16/h2-9,19-21,31H,10-14H2,1H3,(H,28,36)(H,29,35)(H,30,34)(H,32,33)(H,37,38)/t19-,20-,21-/m0/s1. The first-order valence-corrected chi connectivity index (χ1v) is 13.3. The van der Waals surface area contributed by atoms with Gasteiger partial charge in [-0.1, -0.05) is 12.1 Å². The number of phenols is 1. The van der Waals surface area contributed by atoms with E-state index in [1.54, 1.807) is 18.4 Å². The number of hydrogen-bond acceptors (Lipinski definition) is 7. The third-order valence-electron chi connectivity index (χ3n) is 5.61. The second-order valence-electron chi connectivity index (χ2n) is 8.58. The van der Waals surface area contributed by atoms with Gasteiger partial charge in [-0.05, 0) is 66.8 Å². The van der Waals surface area contributed by atoms with Gasteiger partial charge in [0.1, 0.15) is 29.7 Å². The molecule has 0 heterocycles. The maximum atomic E-state index is 13.3. The van der Waals surface area contributed by atoms with Crippen molar-refractivity contribution in [2.24, 2.45) is 0 Å². The van der Waals surface area contributed by atoms with Crippen LogP contribution in [0.15, 0.2) is 48.5 Å². The van der Waals surface area contributed by atoms with Crippen molar-refractivity contribution in [3.05, 3.63) is 65.5 Å². The number of carboxylic acid groups (broad SMARTS) is 2. The highest BCUT2D eigenvalue weighted by Gasteiger charge is 2.30. The highest BCUT2D eigenvalue weighted by Crippen LogP contribution is 2.13. The molecular weight excluding hydrogens is 533 g/mol. The lowest BCUT2D eigenvalue weighted by atomic mass is 10.0. The summed E-state index contributed by atoms with van der Waals surface area (Å²) in [6.07, 6.45) is 1.05. The number of hydrogen-bond donors (Lipinski definition) is 6. The number of carbonyl (C=O) groups is 5. The number of amides is 3. The molecule has 2 rings (SSSR count). The molecule has 0 aliphatic heterocycles. The van der Waals surface area contributed by atoms with Crippen molar-refractivity contribution >= 4 is 41.4 Å². The molecule has 0 aliphatic rings. The normalized spacial score (nSPS) is 13.0. The fourth-order valence-electron chi connectivity index (χ4n) is 3.49. The molecule has 13 heteroatoms. The smallest absolute Gasteiger partial charge is 0.326 e. The molecule has 0 unspecified atom stereocenters. The highest BCUT2D eigenvalue weighted by atomic mass is 32.2. The van der Waals surface area contributed by atoms with Gasteiger partial charge in [0.15, 0.2) is 0 Å². The van der Waals surface area contributed by atoms with Crippen LogP contribution in [0.2, 0.25) is 0 Å². The maximum Gasteiger partial charge on any atom is 0.326 e. The number of halogens is 1. The molecule has 210 valence electrons. The monoisotopic (exact) mass is 563 g/mol. The third kappa shape index (κ3) is 10.6. The maximum absolute atomic E-state index is 13.3. The molecule has 3 amide bonds. The second kappa shape index (κ2) is 15.3. The number of benzene rings is 2. The number of phenolic OH excluding ortho intramolecular Hbond substituents is 1. The molecule has 0 radical (unpaired) electrons. The Morgan fingerprint density at radius 3 is 1.97 bits per heavy atom. The van der Waals surface area contributed by atoms with Gasteiger partial charge >= 0.3 is 11.9 Å². The van der Waals surface area contributed by atoms with Crippen molar-refractivity contribution in [2.75, 3.05) is 12.0 Å². The van der Waals surface area contributed by atoms with E-state index in [2.05, 4.69) is 16.0 Å². The number of thioether (sulfide) groups is 1. The summed E-state index contributed by atoms with van der Waals surface area (Å²) in [5.41, 5.74) is 0.677. The van der Waals surface area contributed by atoms with Crippen LogP contribution >= 0.6 is 11.8 Å². The van der Waals surface area contributed by atoms with Crippen LogP contribution in [0, 0.1) is 5.82 Å². The quantitative estimate of drug-likeness (QED) is 0.187. The van der Waals surface area contributed by atoms with Crippen LogP contribution in [0.5, 0.6) is 5.75 Å². The molecule has 0 aromatic heterocycles. The van der Waals surface area contributed by atoms with Gasteiger partial charge in [-0.25, -0.2) is 9.18 Å². The average molecular weight is 564 g/mol. The van der Waals surface area contributed by atoms with E-state index in [-0.39, 0.29) is 30.6 Å². The Bertz CT molecular complexity index is 1160. The third-order valence-corrected chi connectivity index (χ3v) is 6.25. The average Bonchev–Trinajstić information content (AvgIpc) is 2.89. The Morgan fingerprint density at radius 1 is 0.821 bits per heavy atom. The molecule has 39 heavy (non-hydrogen) atoms. The van der Waals surface area contributed by atoms with E-state index in [4.69, 9.17) is 5.11 Å². The minimum atomic E-state index is -1.48. The number of nitrogens with one attached hydrogen (secondary N) is 3. The summed E-state index contributed by atoms with van der Waals surface area (Å²) in [6, 6.07) is 6.75. The predicted octanol–water partition coefficient (Wildman–Crippen LogP) is 1.54. The molecule has 0 fully saturated rings. The summed E-state index contributed by atoms with van der Waals surface area (Å²) in [5, 5.41) is 35.2. The summed E-state index contributed by atoms with van der Waals surface area (Å²) in [7, 11) is 0. The molecule has 2 aromatic carbocycles. The summed E-state index contributed by atoms with van der Waals surface area (Å²) in [5.74, 6) is -4.99. The van der Waals surface area contributed by atoms with Crippen molar-refractivity contribution in [1.29, 1.82) is 0 Å². The largest absolute Gasteiger partial charge is 0.508 e. The van der Waals surface area contributed by atoms with Crippen molar-refractivity contribution < 1.29 is 43.7 Å². The van der Waals surface area contributed by atoms with E-state index < -0.39 is 60.0 Å². The molecule has 0 aliphatic carbocycles. The van der Waals surface area contributed by atoms with Gasteiger partial charge in [-0.2, -0.15) is 11.8 Å². The molecule has 0 saturated carbocycles. The number of aliphatic carboxylic acids is 2. The Labute approximate surface area is 228 Å². The fourth-order valence-corrected chi connectivity index (χ4v) is 3.97. The lowest BCUT2D eigenvalue weighted by Crippen LogP contribution is -2.56. The molecule has 3 atom stereocenters. The summed E-state index contributed by atoms with van der Waals surface area (Å²) < 4.78 is 13.3. The lowest BCUT2D eigenvalue weighted by molar-refractivity contribution is -0.143. The summed E-state index contributed by atoms with van der Waals surface area (Å²) in [6.45, 7) is 0. The molecule has 11 nitrogen and oxygen atoms in total. The van der Waals surface area contributed by atoms with Gasteiger partial charge < -0.3 is 31.3 Å². The van der Waals surface area contributed by atoms with Crippen molar-refractivity contribution in [2.45, 2.75) is 43.8 Å². The highest BCUT2D eigenvalue weighted by molar-refractivity contribution is 7.98. The van der Waals surface area contributed by atoms with Gasteiger partial charge in [0.05, 0.1) is 0 Å². The number of aromatic hydroxyl groups is 1. The van der Waals surface area contributed by atoms with Crippen LogP contribution in [-0.4, -0.2) is 75.1 Å². The zero-order valence-electron chi connectivity index (χ0n) is 21.1. The lowest BCUT2D eigenvalue weighted by Gasteiger charge is -2.24. The first-order valence-electron chi connectivity index (χ1n) is 11.9. The SMILES string of the molecule is CSCC[C@H](NC(=O)[C@H](Cc1ccc(O)cc1)NC(=O)c1ccc(F)cc1)C(=O)N[C@@H](CCC(=O)O)C(=O)O. The second-order valence-corrected chi connectivity index (χ2v) is 9.56. The van der Waals surface area contributed by atoms with Gasteiger partial charge in [-0.15, -0.1) is 0 Å². The Balaban J connectivity index is 2.24. The van der Waals surface area contributed by atoms with E-state index in [0.717, 1.165) is 12.1 Å². The van der Waals surface area contributed by atoms with Crippen LogP contribution in [0.4, 0.5) is 4.39 Å². The van der Waals surface area contributed by atoms with E-state index in [0.29, 0.717) is 11.3 Å². The van der Waals surface area contributed by atoms with E-state index in [1.165, 1.54) is 36.0 Å². The van der Waals surface area contributed by atoms with Crippen LogP contribution in [0.3, 0.4) is 0 Å². The van der Waals surface area contributed by atoms with Crippen molar-refractivity contribution in [3.63, 3.8) is 0 Å². The van der Waals surface area contributed by atoms with Crippen molar-refractivity contribution in [1.82, 2.24) is 16.0 Å². The van der Waals surface area contributed by atoms with Crippen LogP contribution in [0.25, 0.3) is 0 Å². The molecule has 2 aromatic rings. The summed E-state index contributed by atoms with van der Waals surface area (Å²) in [4.78, 5) is 61.5. The number of rotatable bonds is 15. The van der Waals surface area contributed by atoms with Crippen LogP contribution < -0.4 is 16.0 Å². The van der Waals surface area contributed by atoms with Gasteiger partial charge in [0.2, 0.25) is 11.8 Å². The molecule has 0 saturated heterocycles. The zero-order valence-corrected chi connectivity index (χ0v) is 21.9. The minimum absolute atomic E-state index is 0.000201. The molecule has 0 bridgehead atoms. The fraction of sp³-hybridized carbons (Fsp3) is 0.346. The van der Waals surface area contributed by atoms with Gasteiger partial charge in [-0.3, -0.25) is 19.2 Å². The number of carbonyl (C=O) groups excluding carboxylic acids is 3. The minimum Gasteiger partial charge on any atom is -0.508 e. The Hall–Kier alpha value is -4.13. The van der Waals surface area contributed by atoms with Crippen LogP contribution in [-0.2, 0) is 25.6 Å². The van der Waals surface area contributed by atoms with Crippen LogP contribution in [0.1, 0.15) is 35.2 Å². The van der Waals surface area contributed by atoms with Gasteiger partial charge in [0, 0.05) is 18.4 Å². The first-order chi connectivity index (χ1) is 18.5. The summed E-state index contributed by atoms with van der Waals surface area (Å²) >= 11 is 1.39. The van der Waals surface area contributed by atoms with E-state index in [9.17, 15) is 38.6 Å². The predicted molar refractivity (Wildman–Crippen MR) is 141 cm³/mol.